The molecule has 0 aromatic carbocycles. The van der Waals surface area contributed by atoms with E-state index in [0.29, 0.717) is 5.92 Å². The molecule has 0 radical (unpaired) electrons. The van der Waals surface area contributed by atoms with E-state index in [1.165, 1.54) is 0 Å². The lowest BCUT2D eigenvalue weighted by atomic mass is 9.67. The summed E-state index contributed by atoms with van der Waals surface area (Å²) in [5.41, 5.74) is 0.305. The van der Waals surface area contributed by atoms with Crippen LogP contribution in [-0.2, 0) is 0 Å². The molecule has 2 nitrogen and oxygen atoms in total. The first kappa shape index (κ1) is 16.2. The minimum absolute atomic E-state index is 0.0914. The average molecular weight is 263 g/mol. The molecule has 1 heterocycles. The predicted octanol–water partition coefficient (Wildman–Crippen LogP) is 4.25. The highest BCUT2D eigenvalue weighted by Gasteiger charge is 2.43. The van der Waals surface area contributed by atoms with Gasteiger partial charge >= 0.3 is 0 Å². The Balaban J connectivity index is 3.22. The van der Waals surface area contributed by atoms with Gasteiger partial charge in [0.25, 0.3) is 0 Å². The number of pyridine rings is 1. The zero-order valence-corrected chi connectivity index (χ0v) is 13.2. The van der Waals surface area contributed by atoms with E-state index in [0.717, 1.165) is 12.1 Å². The van der Waals surface area contributed by atoms with Crippen LogP contribution in [0.2, 0.25) is 0 Å². The van der Waals surface area contributed by atoms with Crippen molar-refractivity contribution in [3.05, 3.63) is 30.1 Å². The normalized spacial score (nSPS) is 14.4. The van der Waals surface area contributed by atoms with Gasteiger partial charge in [0.1, 0.15) is 0 Å². The third kappa shape index (κ3) is 3.56. The van der Waals surface area contributed by atoms with Crippen molar-refractivity contribution in [3.63, 3.8) is 0 Å². The number of hydrogen-bond donors (Lipinski definition) is 1. The Morgan fingerprint density at radius 3 is 2.00 bits per heavy atom. The monoisotopic (exact) mass is 263 g/mol. The number of hydrogen-bond acceptors (Lipinski definition) is 2. The van der Waals surface area contributed by atoms with Crippen molar-refractivity contribution in [1.82, 2.24) is 4.98 Å². The van der Waals surface area contributed by atoms with Gasteiger partial charge < -0.3 is 5.11 Å². The smallest absolute Gasteiger partial charge is 0.0776 e. The van der Waals surface area contributed by atoms with Crippen LogP contribution in [0.4, 0.5) is 0 Å². The highest BCUT2D eigenvalue weighted by molar-refractivity contribution is 5.16. The standard InChI is InChI=1S/C17H29NO/c1-12(2)11-15(16-9-7-8-10-18-16)17(19,13(3)4)14(5)6/h7-10,12-15,19H,11H2,1-6H3. The van der Waals surface area contributed by atoms with Crippen LogP contribution < -0.4 is 0 Å². The van der Waals surface area contributed by atoms with Crippen molar-refractivity contribution >= 4 is 0 Å². The molecule has 108 valence electrons. The third-order valence-corrected chi connectivity index (χ3v) is 4.16. The van der Waals surface area contributed by atoms with Gasteiger partial charge in [-0.1, -0.05) is 47.6 Å². The van der Waals surface area contributed by atoms with Crippen molar-refractivity contribution in [2.75, 3.05) is 0 Å². The Morgan fingerprint density at radius 2 is 1.63 bits per heavy atom. The zero-order chi connectivity index (χ0) is 14.6. The van der Waals surface area contributed by atoms with Gasteiger partial charge in [-0.3, -0.25) is 4.98 Å². The predicted molar refractivity (Wildman–Crippen MR) is 81.1 cm³/mol. The zero-order valence-electron chi connectivity index (χ0n) is 13.2. The summed E-state index contributed by atoms with van der Waals surface area (Å²) in [7, 11) is 0. The van der Waals surface area contributed by atoms with Crippen molar-refractivity contribution in [2.24, 2.45) is 17.8 Å². The maximum absolute atomic E-state index is 11.3. The number of aromatic nitrogens is 1. The van der Waals surface area contributed by atoms with E-state index in [1.54, 1.807) is 0 Å². The molecule has 1 N–H and O–H groups in total. The van der Waals surface area contributed by atoms with E-state index in [9.17, 15) is 5.11 Å². The summed E-state index contributed by atoms with van der Waals surface area (Å²) in [5, 5.41) is 11.3. The molecule has 1 rings (SSSR count). The minimum atomic E-state index is -0.710. The molecule has 0 aliphatic carbocycles. The van der Waals surface area contributed by atoms with Gasteiger partial charge in [-0.25, -0.2) is 0 Å². The molecule has 19 heavy (non-hydrogen) atoms. The van der Waals surface area contributed by atoms with Crippen LogP contribution in [0.5, 0.6) is 0 Å². The van der Waals surface area contributed by atoms with Crippen LogP contribution in [0, 0.1) is 17.8 Å². The van der Waals surface area contributed by atoms with Crippen LogP contribution in [0.1, 0.15) is 59.6 Å². The Kier molecular flexibility index (Phi) is 5.54. The van der Waals surface area contributed by atoms with Gasteiger partial charge in [-0.2, -0.15) is 0 Å². The highest BCUT2D eigenvalue weighted by atomic mass is 16.3. The third-order valence-electron chi connectivity index (χ3n) is 4.16. The molecule has 2 heteroatoms. The molecule has 0 spiro atoms. The summed E-state index contributed by atoms with van der Waals surface area (Å²) in [5.74, 6) is 1.04. The molecular formula is C17H29NO. The molecule has 0 fully saturated rings. The second kappa shape index (κ2) is 6.51. The fourth-order valence-electron chi connectivity index (χ4n) is 3.07. The van der Waals surface area contributed by atoms with Crippen molar-refractivity contribution in [1.29, 1.82) is 0 Å². The van der Waals surface area contributed by atoms with Crippen LogP contribution in [0.25, 0.3) is 0 Å². The molecule has 0 amide bonds. The first-order valence-electron chi connectivity index (χ1n) is 7.43. The lowest BCUT2D eigenvalue weighted by Gasteiger charge is -2.43. The number of aliphatic hydroxyl groups is 1. The van der Waals surface area contributed by atoms with Crippen LogP contribution in [0.15, 0.2) is 24.4 Å². The summed E-state index contributed by atoms with van der Waals surface area (Å²) in [4.78, 5) is 4.50. The van der Waals surface area contributed by atoms with Crippen molar-refractivity contribution < 1.29 is 5.11 Å². The van der Waals surface area contributed by atoms with Gasteiger partial charge in [0.2, 0.25) is 0 Å². The van der Waals surface area contributed by atoms with E-state index in [4.69, 9.17) is 0 Å². The van der Waals surface area contributed by atoms with Gasteiger partial charge in [-0.05, 0) is 36.3 Å². The van der Waals surface area contributed by atoms with E-state index < -0.39 is 5.60 Å². The molecule has 0 saturated heterocycles. The topological polar surface area (TPSA) is 33.1 Å². The van der Waals surface area contributed by atoms with Crippen molar-refractivity contribution in [3.8, 4) is 0 Å². The van der Waals surface area contributed by atoms with E-state index in [-0.39, 0.29) is 17.8 Å². The summed E-state index contributed by atoms with van der Waals surface area (Å²) >= 11 is 0. The summed E-state index contributed by atoms with van der Waals surface area (Å²) < 4.78 is 0. The fourth-order valence-corrected chi connectivity index (χ4v) is 3.07. The first-order chi connectivity index (χ1) is 8.80. The fraction of sp³-hybridized carbons (Fsp3) is 0.706. The molecule has 0 bridgehead atoms. The van der Waals surface area contributed by atoms with Gasteiger partial charge in [0, 0.05) is 17.8 Å². The maximum atomic E-state index is 11.3. The molecular weight excluding hydrogens is 234 g/mol. The van der Waals surface area contributed by atoms with Crippen LogP contribution in [-0.4, -0.2) is 15.7 Å². The number of nitrogens with zero attached hydrogens (tertiary/aromatic N) is 1. The average Bonchev–Trinajstić information content (AvgIpc) is 2.35. The van der Waals surface area contributed by atoms with Crippen LogP contribution in [0.3, 0.4) is 0 Å². The Bertz CT molecular complexity index is 362. The van der Waals surface area contributed by atoms with Crippen LogP contribution >= 0.6 is 0 Å². The molecule has 0 aliphatic rings. The summed E-state index contributed by atoms with van der Waals surface area (Å²) in [6.07, 6.45) is 2.79. The molecule has 0 aliphatic heterocycles. The quantitative estimate of drug-likeness (QED) is 0.832. The minimum Gasteiger partial charge on any atom is -0.389 e. The lowest BCUT2D eigenvalue weighted by molar-refractivity contribution is -0.0760. The molecule has 1 unspecified atom stereocenters. The highest BCUT2D eigenvalue weighted by Crippen LogP contribution is 2.42. The number of rotatable bonds is 6. The Morgan fingerprint density at radius 1 is 1.05 bits per heavy atom. The van der Waals surface area contributed by atoms with E-state index >= 15 is 0 Å². The van der Waals surface area contributed by atoms with Gasteiger partial charge in [0.15, 0.2) is 0 Å². The summed E-state index contributed by atoms with van der Waals surface area (Å²) in [6.45, 7) is 12.8. The second-order valence-electron chi connectivity index (χ2n) is 6.63. The summed E-state index contributed by atoms with van der Waals surface area (Å²) in [6, 6.07) is 5.99. The Hall–Kier alpha value is -0.890. The first-order valence-corrected chi connectivity index (χ1v) is 7.43. The van der Waals surface area contributed by atoms with E-state index in [1.807, 2.05) is 24.4 Å². The van der Waals surface area contributed by atoms with E-state index in [2.05, 4.69) is 46.5 Å². The maximum Gasteiger partial charge on any atom is 0.0776 e. The van der Waals surface area contributed by atoms with Crippen molar-refractivity contribution in [2.45, 2.75) is 59.5 Å². The lowest BCUT2D eigenvalue weighted by Crippen LogP contribution is -2.47. The Labute approximate surface area is 118 Å². The molecule has 0 saturated carbocycles. The molecule has 1 aromatic rings. The van der Waals surface area contributed by atoms with Gasteiger partial charge in [-0.15, -0.1) is 0 Å². The SMILES string of the molecule is CC(C)CC(c1ccccn1)C(O)(C(C)C)C(C)C. The molecule has 1 aromatic heterocycles. The van der Waals surface area contributed by atoms with Gasteiger partial charge in [0.05, 0.1) is 5.60 Å². The second-order valence-corrected chi connectivity index (χ2v) is 6.63. The largest absolute Gasteiger partial charge is 0.389 e. The molecule has 1 atom stereocenters.